The summed E-state index contributed by atoms with van der Waals surface area (Å²) >= 11 is 6.27. The number of halogens is 1. The zero-order chi connectivity index (χ0) is 22.1. The quantitative estimate of drug-likeness (QED) is 0.455. The van der Waals surface area contributed by atoms with Crippen molar-refractivity contribution in [2.24, 2.45) is 4.99 Å². The molecule has 0 saturated carbocycles. The lowest BCUT2D eigenvalue weighted by Crippen LogP contribution is -2.48. The molecular formula is C24H31ClN4O2. The molecule has 0 radical (unpaired) electrons. The Hall–Kier alpha value is -2.57. The molecule has 3 rings (SSSR count). The first-order valence-corrected chi connectivity index (χ1v) is 11.0. The van der Waals surface area contributed by atoms with E-state index in [0.717, 1.165) is 55.6 Å². The van der Waals surface area contributed by atoms with Crippen molar-refractivity contribution >= 4 is 23.5 Å². The molecule has 1 amide bonds. The number of nitrogens with one attached hydrogen (secondary N) is 3. The van der Waals surface area contributed by atoms with E-state index in [2.05, 4.69) is 33.1 Å². The fraction of sp³-hybridized carbons (Fsp3) is 0.417. The number of aliphatic imine (C=N–C) groups is 1. The van der Waals surface area contributed by atoms with Gasteiger partial charge in [-0.3, -0.25) is 9.79 Å². The van der Waals surface area contributed by atoms with Crippen LogP contribution in [0.5, 0.6) is 0 Å². The minimum Gasteiger partial charge on any atom is -0.381 e. The first kappa shape index (κ1) is 23.1. The Labute approximate surface area is 189 Å². The zero-order valence-electron chi connectivity index (χ0n) is 18.2. The molecule has 1 saturated heterocycles. The van der Waals surface area contributed by atoms with E-state index < -0.39 is 0 Å². The topological polar surface area (TPSA) is 74.8 Å². The Kier molecular flexibility index (Phi) is 8.32. The van der Waals surface area contributed by atoms with Gasteiger partial charge in [0.1, 0.15) is 0 Å². The van der Waals surface area contributed by atoms with Gasteiger partial charge >= 0.3 is 0 Å². The van der Waals surface area contributed by atoms with Gasteiger partial charge in [0.2, 0.25) is 0 Å². The van der Waals surface area contributed by atoms with Crippen molar-refractivity contribution in [3.05, 3.63) is 70.2 Å². The van der Waals surface area contributed by atoms with E-state index in [4.69, 9.17) is 16.3 Å². The molecule has 1 aliphatic rings. The van der Waals surface area contributed by atoms with Crippen LogP contribution >= 0.6 is 11.6 Å². The number of carbonyl (C=O) groups is 1. The van der Waals surface area contributed by atoms with Gasteiger partial charge < -0.3 is 20.7 Å². The summed E-state index contributed by atoms with van der Waals surface area (Å²) in [4.78, 5) is 16.2. The smallest absolute Gasteiger partial charge is 0.251 e. The summed E-state index contributed by atoms with van der Waals surface area (Å²) in [6.07, 6.45) is 2.66. The first-order chi connectivity index (χ1) is 15.1. The van der Waals surface area contributed by atoms with Crippen LogP contribution < -0.4 is 16.0 Å². The predicted octanol–water partition coefficient (Wildman–Crippen LogP) is 3.16. The Morgan fingerprint density at radius 2 is 1.90 bits per heavy atom. The summed E-state index contributed by atoms with van der Waals surface area (Å²) in [7, 11) is 3.42. The van der Waals surface area contributed by atoms with Crippen LogP contribution in [0.15, 0.2) is 53.5 Å². The van der Waals surface area contributed by atoms with Crippen LogP contribution in [-0.2, 0) is 16.6 Å². The molecule has 0 atom stereocenters. The van der Waals surface area contributed by atoms with Gasteiger partial charge in [0.05, 0.1) is 0 Å². The Balaban J connectivity index is 1.58. The molecule has 1 fully saturated rings. The van der Waals surface area contributed by atoms with E-state index in [1.807, 2.05) is 36.4 Å². The number of nitrogens with zero attached hydrogens (tertiary/aromatic N) is 1. The maximum Gasteiger partial charge on any atom is 0.251 e. The van der Waals surface area contributed by atoms with Crippen LogP contribution in [0.1, 0.15) is 34.3 Å². The molecule has 0 unspecified atom stereocenters. The van der Waals surface area contributed by atoms with E-state index in [1.165, 1.54) is 5.56 Å². The van der Waals surface area contributed by atoms with Crippen molar-refractivity contribution in [3.8, 4) is 0 Å². The lowest BCUT2D eigenvalue weighted by Gasteiger charge is -2.38. The molecule has 0 bridgehead atoms. The second-order valence-electron chi connectivity index (χ2n) is 7.79. The summed E-state index contributed by atoms with van der Waals surface area (Å²) < 4.78 is 5.62. The largest absolute Gasteiger partial charge is 0.381 e. The number of ether oxygens (including phenoxy) is 1. The summed E-state index contributed by atoms with van der Waals surface area (Å²) in [6, 6.07) is 15.8. The van der Waals surface area contributed by atoms with Crippen molar-refractivity contribution in [1.82, 2.24) is 16.0 Å². The van der Waals surface area contributed by atoms with Crippen molar-refractivity contribution in [2.45, 2.75) is 24.7 Å². The Morgan fingerprint density at radius 1 is 1.13 bits per heavy atom. The first-order valence-electron chi connectivity index (χ1n) is 10.7. The molecule has 6 nitrogen and oxygen atoms in total. The third-order valence-corrected chi connectivity index (χ3v) is 6.06. The van der Waals surface area contributed by atoms with E-state index in [0.29, 0.717) is 12.1 Å². The second-order valence-corrected chi connectivity index (χ2v) is 8.22. The molecule has 2 aromatic rings. The van der Waals surface area contributed by atoms with Crippen molar-refractivity contribution in [1.29, 1.82) is 0 Å². The van der Waals surface area contributed by atoms with E-state index in [9.17, 15) is 4.79 Å². The molecule has 1 heterocycles. The number of amides is 1. The van der Waals surface area contributed by atoms with Gasteiger partial charge in [0, 0.05) is 56.4 Å². The van der Waals surface area contributed by atoms with Crippen LogP contribution in [0.3, 0.4) is 0 Å². The van der Waals surface area contributed by atoms with Crippen molar-refractivity contribution < 1.29 is 9.53 Å². The van der Waals surface area contributed by atoms with E-state index in [1.54, 1.807) is 14.1 Å². The van der Waals surface area contributed by atoms with E-state index in [-0.39, 0.29) is 11.3 Å². The number of carbonyl (C=O) groups excluding carboxylic acids is 1. The van der Waals surface area contributed by atoms with Gasteiger partial charge in [-0.25, -0.2) is 0 Å². The van der Waals surface area contributed by atoms with Gasteiger partial charge in [0.25, 0.3) is 5.91 Å². The molecule has 3 N–H and O–H groups in total. The van der Waals surface area contributed by atoms with Gasteiger partial charge in [-0.2, -0.15) is 0 Å². The molecule has 31 heavy (non-hydrogen) atoms. The number of benzene rings is 2. The van der Waals surface area contributed by atoms with Crippen LogP contribution in [0.4, 0.5) is 0 Å². The highest BCUT2D eigenvalue weighted by Gasteiger charge is 2.34. The maximum absolute atomic E-state index is 11.8. The van der Waals surface area contributed by atoms with Gasteiger partial charge in [-0.15, -0.1) is 0 Å². The summed E-state index contributed by atoms with van der Waals surface area (Å²) in [5, 5.41) is 10.3. The molecule has 0 aliphatic carbocycles. The fourth-order valence-corrected chi connectivity index (χ4v) is 4.15. The molecule has 2 aromatic carbocycles. The second kappa shape index (κ2) is 11.2. The van der Waals surface area contributed by atoms with Crippen molar-refractivity contribution in [3.63, 3.8) is 0 Å². The maximum atomic E-state index is 11.8. The molecule has 0 aromatic heterocycles. The minimum atomic E-state index is -0.0740. The fourth-order valence-electron chi connectivity index (χ4n) is 3.96. The Morgan fingerprint density at radius 3 is 2.61 bits per heavy atom. The molecule has 0 spiro atoms. The average Bonchev–Trinajstić information content (AvgIpc) is 2.81. The van der Waals surface area contributed by atoms with Crippen LogP contribution in [0.25, 0.3) is 0 Å². The number of hydrogen-bond donors (Lipinski definition) is 3. The lowest BCUT2D eigenvalue weighted by atomic mass is 9.74. The third kappa shape index (κ3) is 6.21. The summed E-state index contributed by atoms with van der Waals surface area (Å²) in [5.41, 5.74) is 2.97. The number of rotatable bonds is 7. The minimum absolute atomic E-state index is 0.0391. The van der Waals surface area contributed by atoms with E-state index >= 15 is 0 Å². The van der Waals surface area contributed by atoms with Crippen LogP contribution in [-0.4, -0.2) is 52.3 Å². The number of guanidine groups is 1. The van der Waals surface area contributed by atoms with Crippen molar-refractivity contribution in [2.75, 3.05) is 40.4 Å². The predicted molar refractivity (Wildman–Crippen MR) is 126 cm³/mol. The molecule has 7 heteroatoms. The highest BCUT2D eigenvalue weighted by molar-refractivity contribution is 6.30. The van der Waals surface area contributed by atoms with Gasteiger partial charge in [0.15, 0.2) is 5.96 Å². The Bertz CT molecular complexity index is 910. The molecule has 1 aliphatic heterocycles. The van der Waals surface area contributed by atoms with Crippen LogP contribution in [0.2, 0.25) is 5.02 Å². The highest BCUT2D eigenvalue weighted by Crippen LogP contribution is 2.35. The lowest BCUT2D eigenvalue weighted by molar-refractivity contribution is 0.0514. The van der Waals surface area contributed by atoms with Crippen LogP contribution in [0, 0.1) is 0 Å². The average molecular weight is 443 g/mol. The highest BCUT2D eigenvalue weighted by atomic mass is 35.5. The van der Waals surface area contributed by atoms with Gasteiger partial charge in [-0.1, -0.05) is 35.9 Å². The normalized spacial score (nSPS) is 15.9. The standard InChI is InChI=1S/C24H31ClN4O2/c1-26-22(30)19-6-3-5-18(15-19)9-12-28-23(27-2)29-17-24(10-13-31-14-11-24)20-7-4-8-21(25)16-20/h3-8,15-16H,9-14,17H2,1-2H3,(H,26,30)(H2,27,28,29). The summed E-state index contributed by atoms with van der Waals surface area (Å²) in [5.74, 6) is 0.686. The molecule has 166 valence electrons. The molecular weight excluding hydrogens is 412 g/mol. The summed E-state index contributed by atoms with van der Waals surface area (Å²) in [6.45, 7) is 2.94. The van der Waals surface area contributed by atoms with Gasteiger partial charge in [-0.05, 0) is 54.7 Å². The SMILES string of the molecule is CN=C(NCCc1cccc(C(=O)NC)c1)NCC1(c2cccc(Cl)c2)CCOCC1. The zero-order valence-corrected chi connectivity index (χ0v) is 19.0. The number of hydrogen-bond acceptors (Lipinski definition) is 3. The third-order valence-electron chi connectivity index (χ3n) is 5.83. The monoisotopic (exact) mass is 442 g/mol.